The average Bonchev–Trinajstić information content (AvgIpc) is 2.43. The smallest absolute Gasteiger partial charge is 0.320 e. The number of benzene rings is 1. The fraction of sp³-hybridized carbons (Fsp3) is 0.562. The van der Waals surface area contributed by atoms with Gasteiger partial charge in [-0.15, -0.1) is 0 Å². The summed E-state index contributed by atoms with van der Waals surface area (Å²) < 4.78 is 5.26. The second kappa shape index (κ2) is 6.27. The number of aliphatic carboxylic acids is 1. The number of aryl methyl sites for hydroxylation is 1. The van der Waals surface area contributed by atoms with E-state index >= 15 is 0 Å². The zero-order chi connectivity index (χ0) is 14.7. The van der Waals surface area contributed by atoms with E-state index in [2.05, 4.69) is 17.4 Å². The van der Waals surface area contributed by atoms with Crippen molar-refractivity contribution in [1.82, 2.24) is 5.32 Å². The molecule has 0 bridgehead atoms. The zero-order valence-electron chi connectivity index (χ0n) is 12.3. The molecule has 2 N–H and O–H groups in total. The summed E-state index contributed by atoms with van der Waals surface area (Å²) >= 11 is 0. The highest BCUT2D eigenvalue weighted by Gasteiger charge is 2.28. The van der Waals surface area contributed by atoms with Gasteiger partial charge in [0.05, 0.1) is 7.11 Å². The lowest BCUT2D eigenvalue weighted by molar-refractivity contribution is -0.141. The Hall–Kier alpha value is -1.55. The van der Waals surface area contributed by atoms with Gasteiger partial charge in [-0.1, -0.05) is 19.9 Å². The number of rotatable bonds is 5. The van der Waals surface area contributed by atoms with Gasteiger partial charge >= 0.3 is 5.97 Å². The zero-order valence-corrected chi connectivity index (χ0v) is 12.3. The summed E-state index contributed by atoms with van der Waals surface area (Å²) in [6, 6.07) is 5.68. The number of nitrogens with one attached hydrogen (secondary N) is 1. The van der Waals surface area contributed by atoms with Crippen molar-refractivity contribution in [3.63, 3.8) is 0 Å². The van der Waals surface area contributed by atoms with E-state index in [1.165, 1.54) is 11.1 Å². The largest absolute Gasteiger partial charge is 0.497 e. The van der Waals surface area contributed by atoms with Crippen molar-refractivity contribution in [3.05, 3.63) is 29.3 Å². The van der Waals surface area contributed by atoms with Crippen LogP contribution in [-0.4, -0.2) is 24.2 Å². The summed E-state index contributed by atoms with van der Waals surface area (Å²) in [5, 5.41) is 12.6. The molecule has 0 aromatic heterocycles. The first-order valence-corrected chi connectivity index (χ1v) is 7.18. The molecule has 0 heterocycles. The quantitative estimate of drug-likeness (QED) is 0.869. The van der Waals surface area contributed by atoms with Crippen LogP contribution in [0.1, 0.15) is 43.9 Å². The number of hydrogen-bond donors (Lipinski definition) is 2. The van der Waals surface area contributed by atoms with Crippen LogP contribution in [0.3, 0.4) is 0 Å². The first-order valence-electron chi connectivity index (χ1n) is 7.18. The SMILES string of the molecule is COc1ccc2c(c1)CCCC2NC(C(=O)O)C(C)C. The number of methoxy groups -OCH3 is 1. The van der Waals surface area contributed by atoms with Crippen LogP contribution >= 0.6 is 0 Å². The first-order chi connectivity index (χ1) is 9.52. The second-order valence-electron chi connectivity index (χ2n) is 5.74. The van der Waals surface area contributed by atoms with Crippen LogP contribution in [0.5, 0.6) is 5.75 Å². The molecule has 0 aliphatic heterocycles. The molecule has 0 saturated heterocycles. The molecule has 1 aliphatic rings. The molecule has 1 aromatic carbocycles. The Morgan fingerprint density at radius 1 is 1.45 bits per heavy atom. The first kappa shape index (κ1) is 14.9. The number of carbonyl (C=O) groups is 1. The molecule has 0 saturated carbocycles. The Kier molecular flexibility index (Phi) is 4.65. The lowest BCUT2D eigenvalue weighted by atomic mass is 9.86. The molecular weight excluding hydrogens is 254 g/mol. The minimum Gasteiger partial charge on any atom is -0.497 e. The van der Waals surface area contributed by atoms with Crippen molar-refractivity contribution >= 4 is 5.97 Å². The molecule has 1 aromatic rings. The minimum atomic E-state index is -0.777. The van der Waals surface area contributed by atoms with Crippen LogP contribution in [-0.2, 0) is 11.2 Å². The van der Waals surface area contributed by atoms with Crippen molar-refractivity contribution < 1.29 is 14.6 Å². The molecule has 2 atom stereocenters. The fourth-order valence-electron chi connectivity index (χ4n) is 2.86. The monoisotopic (exact) mass is 277 g/mol. The van der Waals surface area contributed by atoms with Gasteiger partial charge in [0.25, 0.3) is 0 Å². The highest BCUT2D eigenvalue weighted by Crippen LogP contribution is 2.32. The molecule has 0 spiro atoms. The maximum absolute atomic E-state index is 11.3. The number of fused-ring (bicyclic) bond motifs is 1. The van der Waals surface area contributed by atoms with Gasteiger partial charge in [-0.2, -0.15) is 0 Å². The van der Waals surface area contributed by atoms with E-state index in [9.17, 15) is 9.90 Å². The van der Waals surface area contributed by atoms with E-state index in [-0.39, 0.29) is 12.0 Å². The summed E-state index contributed by atoms with van der Waals surface area (Å²) in [6.07, 6.45) is 3.09. The van der Waals surface area contributed by atoms with Crippen molar-refractivity contribution in [2.24, 2.45) is 5.92 Å². The van der Waals surface area contributed by atoms with Gasteiger partial charge in [-0.3, -0.25) is 10.1 Å². The molecule has 110 valence electrons. The highest BCUT2D eigenvalue weighted by atomic mass is 16.5. The minimum absolute atomic E-state index is 0.0659. The van der Waals surface area contributed by atoms with Gasteiger partial charge in [0, 0.05) is 6.04 Å². The van der Waals surface area contributed by atoms with E-state index in [0.717, 1.165) is 25.0 Å². The Bertz CT molecular complexity index is 485. The molecule has 4 nitrogen and oxygen atoms in total. The van der Waals surface area contributed by atoms with Gasteiger partial charge in [-0.05, 0) is 48.4 Å². The standard InChI is InChI=1S/C16H23NO3/c1-10(2)15(16(18)19)17-14-6-4-5-11-9-12(20-3)7-8-13(11)14/h7-10,14-15,17H,4-6H2,1-3H3,(H,18,19). The average molecular weight is 277 g/mol. The third-order valence-electron chi connectivity index (χ3n) is 3.98. The topological polar surface area (TPSA) is 58.6 Å². The lowest BCUT2D eigenvalue weighted by Gasteiger charge is -2.30. The molecule has 0 radical (unpaired) electrons. The summed E-state index contributed by atoms with van der Waals surface area (Å²) in [4.78, 5) is 11.3. The Balaban J connectivity index is 2.21. The summed E-state index contributed by atoms with van der Waals surface area (Å²) in [5.74, 6) is 0.153. The predicted octanol–water partition coefficient (Wildman–Crippen LogP) is 2.77. The van der Waals surface area contributed by atoms with Crippen LogP contribution in [0, 0.1) is 5.92 Å². The molecule has 0 fully saturated rings. The van der Waals surface area contributed by atoms with Gasteiger partial charge in [0.1, 0.15) is 11.8 Å². The third kappa shape index (κ3) is 3.12. The van der Waals surface area contributed by atoms with Crippen molar-refractivity contribution in [3.8, 4) is 5.75 Å². The molecular formula is C16H23NO3. The number of carboxylic acids is 1. The Morgan fingerprint density at radius 3 is 2.80 bits per heavy atom. The number of hydrogen-bond acceptors (Lipinski definition) is 3. The summed E-state index contributed by atoms with van der Waals surface area (Å²) in [5.41, 5.74) is 2.48. The summed E-state index contributed by atoms with van der Waals surface area (Å²) in [7, 11) is 1.67. The highest BCUT2D eigenvalue weighted by molar-refractivity contribution is 5.73. The van der Waals surface area contributed by atoms with Crippen LogP contribution in [0.4, 0.5) is 0 Å². The normalized spacial score (nSPS) is 19.5. The van der Waals surface area contributed by atoms with Crippen molar-refractivity contribution in [2.75, 3.05) is 7.11 Å². The Labute approximate surface area is 120 Å². The van der Waals surface area contributed by atoms with Crippen LogP contribution < -0.4 is 10.1 Å². The van der Waals surface area contributed by atoms with Gasteiger partial charge in [0.15, 0.2) is 0 Å². The van der Waals surface area contributed by atoms with E-state index in [1.807, 2.05) is 19.9 Å². The number of carboxylic acid groups (broad SMARTS) is 1. The second-order valence-corrected chi connectivity index (χ2v) is 5.74. The maximum atomic E-state index is 11.3. The van der Waals surface area contributed by atoms with Crippen molar-refractivity contribution in [1.29, 1.82) is 0 Å². The van der Waals surface area contributed by atoms with Crippen LogP contribution in [0.25, 0.3) is 0 Å². The van der Waals surface area contributed by atoms with Crippen LogP contribution in [0.15, 0.2) is 18.2 Å². The lowest BCUT2D eigenvalue weighted by Crippen LogP contribution is -2.43. The number of ether oxygens (including phenoxy) is 1. The maximum Gasteiger partial charge on any atom is 0.320 e. The van der Waals surface area contributed by atoms with Crippen LogP contribution in [0.2, 0.25) is 0 Å². The van der Waals surface area contributed by atoms with Gasteiger partial charge in [0.2, 0.25) is 0 Å². The molecule has 20 heavy (non-hydrogen) atoms. The van der Waals surface area contributed by atoms with Gasteiger partial charge in [-0.25, -0.2) is 0 Å². The van der Waals surface area contributed by atoms with E-state index < -0.39 is 12.0 Å². The van der Waals surface area contributed by atoms with E-state index in [0.29, 0.717) is 0 Å². The molecule has 1 aliphatic carbocycles. The summed E-state index contributed by atoms with van der Waals surface area (Å²) in [6.45, 7) is 3.87. The molecule has 2 rings (SSSR count). The van der Waals surface area contributed by atoms with Gasteiger partial charge < -0.3 is 9.84 Å². The van der Waals surface area contributed by atoms with E-state index in [1.54, 1.807) is 7.11 Å². The molecule has 2 unspecified atom stereocenters. The fourth-order valence-corrected chi connectivity index (χ4v) is 2.86. The molecule has 4 heteroatoms. The third-order valence-corrected chi connectivity index (χ3v) is 3.98. The van der Waals surface area contributed by atoms with Crippen molar-refractivity contribution in [2.45, 2.75) is 45.2 Å². The Morgan fingerprint density at radius 2 is 2.20 bits per heavy atom. The van der Waals surface area contributed by atoms with E-state index in [4.69, 9.17) is 4.74 Å². The predicted molar refractivity (Wildman–Crippen MR) is 78.1 cm³/mol. The molecule has 0 amide bonds.